The summed E-state index contributed by atoms with van der Waals surface area (Å²) in [5, 5.41) is 2.13. The molecular weight excluding hydrogens is 358 g/mol. The Hall–Kier alpha value is -1.41. The Kier molecular flexibility index (Phi) is 5.80. The first-order chi connectivity index (χ1) is 10.9. The van der Waals surface area contributed by atoms with Crippen molar-refractivity contribution in [3.05, 3.63) is 51.2 Å². The molecule has 1 heterocycles. The lowest BCUT2D eigenvalue weighted by Gasteiger charge is -2.17. The van der Waals surface area contributed by atoms with Gasteiger partial charge in [-0.15, -0.1) is 11.3 Å². The van der Waals surface area contributed by atoms with Gasteiger partial charge < -0.3 is 4.74 Å². The Labute approximate surface area is 144 Å². The summed E-state index contributed by atoms with van der Waals surface area (Å²) in [5.74, 6) is -0.667. The van der Waals surface area contributed by atoms with Gasteiger partial charge in [0.1, 0.15) is 9.77 Å². The number of thiophene rings is 1. The molecule has 1 atom stereocenters. The molecule has 2 aromatic rings. The summed E-state index contributed by atoms with van der Waals surface area (Å²) in [4.78, 5) is 11.7. The lowest BCUT2D eigenvalue weighted by Crippen LogP contribution is -2.29. The van der Waals surface area contributed by atoms with Gasteiger partial charge in [0, 0.05) is 11.1 Å². The van der Waals surface area contributed by atoms with Gasteiger partial charge in [-0.2, -0.15) is 0 Å². The normalized spacial score (nSPS) is 12.8. The number of nitrogens with one attached hydrogen (secondary N) is 1. The van der Waals surface area contributed by atoms with E-state index in [1.165, 1.54) is 13.2 Å². The molecule has 0 fully saturated rings. The van der Waals surface area contributed by atoms with Crippen LogP contribution in [0.1, 0.15) is 34.6 Å². The summed E-state index contributed by atoms with van der Waals surface area (Å²) >= 11 is 6.89. The summed E-state index contributed by atoms with van der Waals surface area (Å²) in [5.41, 5.74) is 0.801. The van der Waals surface area contributed by atoms with E-state index >= 15 is 0 Å². The summed E-state index contributed by atoms with van der Waals surface area (Å²) in [6.45, 7) is 1.87. The van der Waals surface area contributed by atoms with Crippen molar-refractivity contribution in [1.29, 1.82) is 0 Å². The first-order valence-corrected chi connectivity index (χ1v) is 9.56. The number of carbonyl (C=O) groups excluding carboxylic acids is 1. The number of hydrogen-bond donors (Lipinski definition) is 1. The summed E-state index contributed by atoms with van der Waals surface area (Å²) in [7, 11) is -2.63. The quantitative estimate of drug-likeness (QED) is 0.785. The van der Waals surface area contributed by atoms with E-state index in [9.17, 15) is 13.2 Å². The van der Waals surface area contributed by atoms with Gasteiger partial charge in [0.15, 0.2) is 0 Å². The third-order valence-electron chi connectivity index (χ3n) is 3.27. The zero-order valence-electron chi connectivity index (χ0n) is 12.6. The zero-order valence-corrected chi connectivity index (χ0v) is 15.0. The van der Waals surface area contributed by atoms with Crippen molar-refractivity contribution in [3.63, 3.8) is 0 Å². The van der Waals surface area contributed by atoms with E-state index in [4.69, 9.17) is 11.6 Å². The fraction of sp³-hybridized carbons (Fsp3) is 0.267. The number of esters is 1. The van der Waals surface area contributed by atoms with Crippen LogP contribution in [0.4, 0.5) is 0 Å². The average Bonchev–Trinajstić information content (AvgIpc) is 3.03. The number of sulfonamides is 1. The number of ether oxygens (including phenoxy) is 1. The highest BCUT2D eigenvalue weighted by Gasteiger charge is 2.27. The molecule has 5 nitrogen and oxygen atoms in total. The van der Waals surface area contributed by atoms with Gasteiger partial charge in [-0.05, 0) is 35.6 Å². The maximum Gasteiger partial charge on any atom is 0.349 e. The molecule has 124 valence electrons. The van der Waals surface area contributed by atoms with E-state index in [2.05, 4.69) is 9.46 Å². The predicted molar refractivity (Wildman–Crippen MR) is 90.5 cm³/mol. The average molecular weight is 374 g/mol. The molecule has 0 spiro atoms. The van der Waals surface area contributed by atoms with Crippen LogP contribution in [0.15, 0.2) is 40.6 Å². The van der Waals surface area contributed by atoms with Gasteiger partial charge >= 0.3 is 5.97 Å². The first-order valence-electron chi connectivity index (χ1n) is 6.82. The molecule has 0 saturated heterocycles. The Bertz CT molecular complexity index is 784. The number of halogens is 1. The number of rotatable bonds is 6. The van der Waals surface area contributed by atoms with E-state index in [1.54, 1.807) is 29.6 Å². The summed E-state index contributed by atoms with van der Waals surface area (Å²) in [6.07, 6.45) is 0.554. The van der Waals surface area contributed by atoms with E-state index in [0.717, 1.165) is 16.9 Å². The molecule has 0 radical (unpaired) electrons. The second-order valence-corrected chi connectivity index (χ2v) is 7.77. The molecule has 0 aliphatic carbocycles. The van der Waals surface area contributed by atoms with Crippen molar-refractivity contribution in [2.45, 2.75) is 24.3 Å². The second-order valence-electron chi connectivity index (χ2n) is 4.74. The van der Waals surface area contributed by atoms with Crippen LogP contribution < -0.4 is 4.72 Å². The molecule has 0 amide bonds. The Balaban J connectivity index is 2.31. The van der Waals surface area contributed by atoms with E-state index in [-0.39, 0.29) is 9.77 Å². The summed E-state index contributed by atoms with van der Waals surface area (Å²) < 4.78 is 32.5. The molecule has 8 heteroatoms. The van der Waals surface area contributed by atoms with Gasteiger partial charge in [0.2, 0.25) is 10.0 Å². The van der Waals surface area contributed by atoms with Crippen LogP contribution in [0, 0.1) is 0 Å². The molecule has 0 saturated carbocycles. The van der Waals surface area contributed by atoms with Gasteiger partial charge in [-0.25, -0.2) is 17.9 Å². The van der Waals surface area contributed by atoms with Gasteiger partial charge in [-0.1, -0.05) is 30.7 Å². The second kappa shape index (κ2) is 7.44. The topological polar surface area (TPSA) is 72.5 Å². The highest BCUT2D eigenvalue weighted by atomic mass is 35.5. The van der Waals surface area contributed by atoms with Crippen LogP contribution in [-0.4, -0.2) is 21.5 Å². The van der Waals surface area contributed by atoms with Crippen molar-refractivity contribution >= 4 is 38.9 Å². The van der Waals surface area contributed by atoms with Gasteiger partial charge in [-0.3, -0.25) is 0 Å². The molecule has 0 aliphatic heterocycles. The maximum absolute atomic E-state index is 12.6. The fourth-order valence-electron chi connectivity index (χ4n) is 2.08. The molecular formula is C15H16ClNO4S2. The van der Waals surface area contributed by atoms with Crippen LogP contribution in [0.2, 0.25) is 5.02 Å². The van der Waals surface area contributed by atoms with Crippen LogP contribution >= 0.6 is 22.9 Å². The molecule has 2 rings (SSSR count). The highest BCUT2D eigenvalue weighted by Crippen LogP contribution is 2.26. The molecule has 23 heavy (non-hydrogen) atoms. The van der Waals surface area contributed by atoms with Gasteiger partial charge in [0.05, 0.1) is 7.11 Å². The van der Waals surface area contributed by atoms with Crippen LogP contribution in [0.3, 0.4) is 0 Å². The zero-order chi connectivity index (χ0) is 17.0. The predicted octanol–water partition coefficient (Wildman–Crippen LogP) is 3.62. The number of methoxy groups -OCH3 is 1. The van der Waals surface area contributed by atoms with Crippen molar-refractivity contribution < 1.29 is 17.9 Å². The molecule has 0 unspecified atom stereocenters. The smallest absolute Gasteiger partial charge is 0.349 e. The minimum absolute atomic E-state index is 0.0611. The van der Waals surface area contributed by atoms with Crippen molar-refractivity contribution in [2.24, 2.45) is 0 Å². The SMILES string of the molecule is CC[C@@H](NS(=O)(=O)c1ccsc1C(=O)OC)c1ccc(Cl)cc1. The number of hydrogen-bond acceptors (Lipinski definition) is 5. The molecule has 1 aromatic carbocycles. The minimum atomic E-state index is -3.85. The Morgan fingerprint density at radius 3 is 2.52 bits per heavy atom. The minimum Gasteiger partial charge on any atom is -0.465 e. The number of benzene rings is 1. The standard InChI is InChI=1S/C15H16ClNO4S2/c1-3-12(10-4-6-11(16)7-5-10)17-23(19,20)13-8-9-22-14(13)15(18)21-2/h4-9,12,17H,3H2,1-2H3/t12-/m1/s1. The third-order valence-corrected chi connectivity index (χ3v) is 6.06. The van der Waals surface area contributed by atoms with Crippen molar-refractivity contribution in [3.8, 4) is 0 Å². The van der Waals surface area contributed by atoms with E-state index < -0.39 is 22.0 Å². The largest absolute Gasteiger partial charge is 0.465 e. The monoisotopic (exact) mass is 373 g/mol. The Morgan fingerprint density at radius 2 is 1.96 bits per heavy atom. The van der Waals surface area contributed by atoms with Crippen molar-refractivity contribution in [2.75, 3.05) is 7.11 Å². The van der Waals surface area contributed by atoms with Gasteiger partial charge in [0.25, 0.3) is 0 Å². The van der Waals surface area contributed by atoms with Crippen LogP contribution in [0.25, 0.3) is 0 Å². The first kappa shape index (κ1) is 17.9. The highest BCUT2D eigenvalue weighted by molar-refractivity contribution is 7.89. The molecule has 0 bridgehead atoms. The summed E-state index contributed by atoms with van der Waals surface area (Å²) in [6, 6.07) is 7.94. The molecule has 1 aromatic heterocycles. The molecule has 1 N–H and O–H groups in total. The maximum atomic E-state index is 12.6. The van der Waals surface area contributed by atoms with Crippen LogP contribution in [-0.2, 0) is 14.8 Å². The number of carbonyl (C=O) groups is 1. The Morgan fingerprint density at radius 1 is 1.30 bits per heavy atom. The van der Waals surface area contributed by atoms with E-state index in [0.29, 0.717) is 11.4 Å². The van der Waals surface area contributed by atoms with Crippen molar-refractivity contribution in [1.82, 2.24) is 4.72 Å². The lowest BCUT2D eigenvalue weighted by molar-refractivity contribution is 0.0602. The fourth-order valence-corrected chi connectivity index (χ4v) is 4.85. The lowest BCUT2D eigenvalue weighted by atomic mass is 10.1. The van der Waals surface area contributed by atoms with Crippen LogP contribution in [0.5, 0.6) is 0 Å². The van der Waals surface area contributed by atoms with E-state index in [1.807, 2.05) is 6.92 Å². The molecule has 0 aliphatic rings. The third kappa shape index (κ3) is 4.11.